The Labute approximate surface area is 146 Å². The molecule has 24 heavy (non-hydrogen) atoms. The summed E-state index contributed by atoms with van der Waals surface area (Å²) in [7, 11) is -0.879. The minimum Gasteiger partial charge on any atom is -0.475 e. The van der Waals surface area contributed by atoms with Gasteiger partial charge in [-0.2, -0.15) is 13.2 Å². The molecule has 1 N–H and O–H groups in total. The van der Waals surface area contributed by atoms with Gasteiger partial charge in [0.25, 0.3) is 0 Å². The molecule has 0 aromatic carbocycles. The van der Waals surface area contributed by atoms with Crippen molar-refractivity contribution in [1.29, 1.82) is 0 Å². The molecule has 0 aliphatic rings. The number of aliphatic carboxylic acids is 1. The molecule has 0 heterocycles. The Bertz CT molecular complexity index is 270. The van der Waals surface area contributed by atoms with Crippen molar-refractivity contribution in [3.63, 3.8) is 0 Å². The second-order valence-electron chi connectivity index (χ2n) is 6.72. The van der Waals surface area contributed by atoms with Crippen molar-refractivity contribution < 1.29 is 23.1 Å². The third kappa shape index (κ3) is 14.1. The number of hydrogen-bond donors (Lipinski definition) is 1. The Morgan fingerprint density at radius 2 is 0.958 bits per heavy atom. The van der Waals surface area contributed by atoms with Crippen LogP contribution in [-0.4, -0.2) is 41.9 Å². The molecular formula is C18H38F3O2P. The van der Waals surface area contributed by atoms with E-state index < -0.39 is 19.4 Å². The minimum absolute atomic E-state index is 0.879. The summed E-state index contributed by atoms with van der Waals surface area (Å²) in [5.41, 5.74) is 0. The molecule has 6 heteroatoms. The van der Waals surface area contributed by atoms with E-state index in [1.165, 1.54) is 51.4 Å². The van der Waals surface area contributed by atoms with Gasteiger partial charge in [-0.05, 0) is 0 Å². The van der Waals surface area contributed by atoms with Crippen molar-refractivity contribution in [3.05, 3.63) is 0 Å². The summed E-state index contributed by atoms with van der Waals surface area (Å²) in [5.74, 6) is -2.76. The minimum atomic E-state index is -5.08. The molecule has 0 radical (unpaired) electrons. The van der Waals surface area contributed by atoms with Gasteiger partial charge in [-0.1, -0.05) is 0 Å². The van der Waals surface area contributed by atoms with E-state index in [2.05, 4.69) is 27.7 Å². The Kier molecular flexibility index (Phi) is 16.2. The fourth-order valence-corrected chi connectivity index (χ4v) is 8.87. The summed E-state index contributed by atoms with van der Waals surface area (Å²) in [5, 5.41) is 7.12. The Hall–Kier alpha value is -0.310. The molecule has 0 amide bonds. The van der Waals surface area contributed by atoms with Crippen LogP contribution < -0.4 is 0 Å². The predicted octanol–water partition coefficient (Wildman–Crippen LogP) is 6.57. The Balaban J connectivity index is 0. The number of rotatable bonds is 12. The molecule has 0 bridgehead atoms. The number of alkyl halides is 3. The van der Waals surface area contributed by atoms with Crippen LogP contribution in [0, 0.1) is 0 Å². The Morgan fingerprint density at radius 1 is 0.750 bits per heavy atom. The van der Waals surface area contributed by atoms with Gasteiger partial charge in [-0.15, -0.1) is 0 Å². The van der Waals surface area contributed by atoms with Crippen LogP contribution in [0.4, 0.5) is 13.2 Å². The second-order valence-corrected chi connectivity index (χ2v) is 11.7. The van der Waals surface area contributed by atoms with Crippen molar-refractivity contribution >= 4 is 13.2 Å². The molecule has 0 aromatic heterocycles. The van der Waals surface area contributed by atoms with Gasteiger partial charge in [0.15, 0.2) is 0 Å². The molecule has 0 spiro atoms. The summed E-state index contributed by atoms with van der Waals surface area (Å²) >= 11 is 0. The summed E-state index contributed by atoms with van der Waals surface area (Å²) in [6, 6.07) is 0. The van der Waals surface area contributed by atoms with Gasteiger partial charge in [-0.3, -0.25) is 0 Å². The van der Waals surface area contributed by atoms with E-state index >= 15 is 0 Å². The van der Waals surface area contributed by atoms with E-state index in [0.717, 1.165) is 0 Å². The molecular weight excluding hydrogens is 336 g/mol. The van der Waals surface area contributed by atoms with Gasteiger partial charge in [0, 0.05) is 0 Å². The molecule has 2 nitrogen and oxygen atoms in total. The average molecular weight is 374 g/mol. The fraction of sp³-hybridized carbons (Fsp3) is 0.944. The van der Waals surface area contributed by atoms with Crippen molar-refractivity contribution in [1.82, 2.24) is 0 Å². The quantitative estimate of drug-likeness (QED) is 0.392. The summed E-state index contributed by atoms with van der Waals surface area (Å²) < 4.78 is 31.7. The third-order valence-corrected chi connectivity index (χ3v) is 10.1. The first-order valence-electron chi connectivity index (χ1n) is 9.49. The van der Waals surface area contributed by atoms with E-state index in [-0.39, 0.29) is 0 Å². The van der Waals surface area contributed by atoms with Crippen LogP contribution in [0.2, 0.25) is 0 Å². The standard InChI is InChI=1S/C16H37P.C2HF3O2/c1-5-9-13-17(14-10-6-2,15-11-7-3)16-12-8-4;3-2(4,5)1(6)7/h17H,5-16H2,1-4H3;(H,6,7). The molecule has 0 rings (SSSR count). The first-order valence-corrected chi connectivity index (χ1v) is 12.3. The first kappa shape index (κ1) is 25.9. The van der Waals surface area contributed by atoms with Crippen molar-refractivity contribution in [2.45, 2.75) is 85.2 Å². The van der Waals surface area contributed by atoms with Gasteiger partial charge in [0.05, 0.1) is 0 Å². The van der Waals surface area contributed by atoms with Crippen LogP contribution in [0.25, 0.3) is 0 Å². The molecule has 0 aliphatic carbocycles. The molecule has 0 fully saturated rings. The first-order chi connectivity index (χ1) is 11.2. The monoisotopic (exact) mass is 374 g/mol. The van der Waals surface area contributed by atoms with Crippen molar-refractivity contribution in [2.24, 2.45) is 0 Å². The molecule has 0 saturated heterocycles. The van der Waals surface area contributed by atoms with E-state index in [1.54, 1.807) is 24.6 Å². The number of hydrogen-bond acceptors (Lipinski definition) is 1. The predicted molar refractivity (Wildman–Crippen MR) is 101 cm³/mol. The van der Waals surface area contributed by atoms with Gasteiger partial charge < -0.3 is 5.11 Å². The molecule has 0 saturated carbocycles. The van der Waals surface area contributed by atoms with Gasteiger partial charge in [0.2, 0.25) is 0 Å². The van der Waals surface area contributed by atoms with Crippen LogP contribution in [-0.2, 0) is 4.79 Å². The maximum Gasteiger partial charge on any atom is 0.490 e. The molecule has 0 aromatic rings. The van der Waals surface area contributed by atoms with E-state index in [0.29, 0.717) is 0 Å². The summed E-state index contributed by atoms with van der Waals surface area (Å²) in [6.07, 6.45) is 13.1. The molecule has 0 atom stereocenters. The fourth-order valence-electron chi connectivity index (χ4n) is 2.96. The van der Waals surface area contributed by atoms with Gasteiger partial charge in [-0.25, -0.2) is 4.79 Å². The normalized spacial score (nSPS) is 12.5. The average Bonchev–Trinajstić information content (AvgIpc) is 2.53. The number of carbonyl (C=O) groups is 1. The van der Waals surface area contributed by atoms with Gasteiger partial charge >= 0.3 is 123 Å². The van der Waals surface area contributed by atoms with Crippen molar-refractivity contribution in [3.8, 4) is 0 Å². The maximum absolute atomic E-state index is 10.6. The van der Waals surface area contributed by atoms with Gasteiger partial charge in [0.1, 0.15) is 0 Å². The number of carboxylic acid groups (broad SMARTS) is 1. The summed E-state index contributed by atoms with van der Waals surface area (Å²) in [6.45, 7) is 9.44. The third-order valence-electron chi connectivity index (χ3n) is 4.49. The topological polar surface area (TPSA) is 37.3 Å². The number of halogens is 3. The van der Waals surface area contributed by atoms with Crippen LogP contribution >= 0.6 is 7.26 Å². The van der Waals surface area contributed by atoms with E-state index in [4.69, 9.17) is 9.90 Å². The summed E-state index contributed by atoms with van der Waals surface area (Å²) in [4.78, 5) is 8.90. The Morgan fingerprint density at radius 3 is 1.08 bits per heavy atom. The number of unbranched alkanes of at least 4 members (excludes halogenated alkanes) is 4. The maximum atomic E-state index is 10.6. The van der Waals surface area contributed by atoms with Crippen LogP contribution in [0.15, 0.2) is 0 Å². The zero-order valence-electron chi connectivity index (χ0n) is 16.0. The SMILES string of the molecule is CCCC[PH](CCCC)(CCCC)CCCC.O=C(O)C(F)(F)F. The van der Waals surface area contributed by atoms with E-state index in [1.807, 2.05) is 0 Å². The number of carboxylic acids is 1. The van der Waals surface area contributed by atoms with Crippen molar-refractivity contribution in [2.75, 3.05) is 24.6 Å². The molecule has 0 unspecified atom stereocenters. The van der Waals surface area contributed by atoms with Crippen LogP contribution in [0.1, 0.15) is 79.1 Å². The van der Waals surface area contributed by atoms with E-state index in [9.17, 15) is 13.2 Å². The molecule has 148 valence electrons. The second kappa shape index (κ2) is 15.0. The largest absolute Gasteiger partial charge is 0.490 e. The zero-order chi connectivity index (χ0) is 19.1. The van der Waals surface area contributed by atoms with Crippen LogP contribution in [0.3, 0.4) is 0 Å². The molecule has 0 aliphatic heterocycles. The van der Waals surface area contributed by atoms with Crippen LogP contribution in [0.5, 0.6) is 0 Å². The smallest absolute Gasteiger partial charge is 0.475 e. The zero-order valence-corrected chi connectivity index (χ0v) is 17.0.